The summed E-state index contributed by atoms with van der Waals surface area (Å²) in [5, 5.41) is 18.4. The Morgan fingerprint density at radius 1 is 1.61 bits per heavy atom. The Kier molecular flexibility index (Phi) is 4.04. The number of rotatable bonds is 4. The van der Waals surface area contributed by atoms with E-state index >= 15 is 0 Å². The molecule has 0 radical (unpaired) electrons. The topological polar surface area (TPSA) is 60.8 Å². The number of likely N-dealkylation sites (tertiary alicyclic amines) is 1. The minimum absolute atomic E-state index is 0.177. The lowest BCUT2D eigenvalue weighted by Gasteiger charge is -2.24. The zero-order valence-corrected chi connectivity index (χ0v) is 11.5. The molecule has 1 saturated heterocycles. The van der Waals surface area contributed by atoms with Crippen LogP contribution < -0.4 is 0 Å². The number of carbonyl (C=O) groups is 1. The molecule has 1 fully saturated rings. The molecule has 1 aromatic heterocycles. The molecule has 0 spiro atoms. The van der Waals surface area contributed by atoms with Crippen LogP contribution in [0.5, 0.6) is 0 Å². The van der Waals surface area contributed by atoms with Gasteiger partial charge in [-0.15, -0.1) is 11.3 Å². The molecule has 18 heavy (non-hydrogen) atoms. The zero-order valence-electron chi connectivity index (χ0n) is 10.7. The predicted molar refractivity (Wildman–Crippen MR) is 71.1 cm³/mol. The lowest BCUT2D eigenvalue weighted by Crippen LogP contribution is -2.34. The van der Waals surface area contributed by atoms with Crippen LogP contribution in [0, 0.1) is 12.8 Å². The van der Waals surface area contributed by atoms with Crippen molar-refractivity contribution in [3.05, 3.63) is 21.4 Å². The van der Waals surface area contributed by atoms with Gasteiger partial charge in [0, 0.05) is 17.5 Å². The number of aliphatic hydroxyl groups is 1. The fourth-order valence-corrected chi connectivity index (χ4v) is 3.45. The number of aliphatic hydroxyl groups excluding tert-OH is 1. The number of carboxylic acids is 1. The van der Waals surface area contributed by atoms with E-state index in [2.05, 4.69) is 11.8 Å². The maximum atomic E-state index is 10.9. The van der Waals surface area contributed by atoms with Crippen LogP contribution in [0.3, 0.4) is 0 Å². The molecular weight excluding hydrogens is 250 g/mol. The van der Waals surface area contributed by atoms with Crippen molar-refractivity contribution in [2.45, 2.75) is 32.9 Å². The molecule has 1 aromatic rings. The summed E-state index contributed by atoms with van der Waals surface area (Å²) in [7, 11) is 0. The molecule has 2 heterocycles. The molecule has 0 aromatic carbocycles. The van der Waals surface area contributed by atoms with Gasteiger partial charge in [-0.05, 0) is 37.4 Å². The monoisotopic (exact) mass is 269 g/mol. The molecule has 0 aliphatic carbocycles. The van der Waals surface area contributed by atoms with Gasteiger partial charge in [0.05, 0.1) is 6.61 Å². The van der Waals surface area contributed by atoms with Crippen molar-refractivity contribution in [3.8, 4) is 0 Å². The lowest BCUT2D eigenvalue weighted by atomic mass is 10.0. The fraction of sp³-hybridized carbons (Fsp3) is 0.615. The van der Waals surface area contributed by atoms with Gasteiger partial charge in [0.1, 0.15) is 4.88 Å². The molecule has 2 atom stereocenters. The van der Waals surface area contributed by atoms with Gasteiger partial charge in [0.2, 0.25) is 0 Å². The molecule has 0 bridgehead atoms. The van der Waals surface area contributed by atoms with Gasteiger partial charge in [0.25, 0.3) is 0 Å². The molecule has 100 valence electrons. The quantitative estimate of drug-likeness (QED) is 0.877. The number of hydrogen-bond acceptors (Lipinski definition) is 4. The smallest absolute Gasteiger partial charge is 0.345 e. The van der Waals surface area contributed by atoms with Crippen LogP contribution in [-0.2, 0) is 6.54 Å². The minimum Gasteiger partial charge on any atom is -0.477 e. The van der Waals surface area contributed by atoms with E-state index in [1.54, 1.807) is 6.07 Å². The first-order valence-electron chi connectivity index (χ1n) is 6.20. The average Bonchev–Trinajstić information content (AvgIpc) is 2.84. The molecule has 0 amide bonds. The second kappa shape index (κ2) is 5.38. The zero-order chi connectivity index (χ0) is 13.3. The number of carboxylic acid groups (broad SMARTS) is 1. The summed E-state index contributed by atoms with van der Waals surface area (Å²) in [5.41, 5.74) is 1.07. The van der Waals surface area contributed by atoms with Gasteiger partial charge < -0.3 is 10.2 Å². The molecule has 0 saturated carbocycles. The Morgan fingerprint density at radius 2 is 2.33 bits per heavy atom. The first-order valence-corrected chi connectivity index (χ1v) is 7.02. The third-order valence-electron chi connectivity index (χ3n) is 3.79. The second-order valence-corrected chi connectivity index (χ2v) is 6.24. The Hall–Kier alpha value is -0.910. The van der Waals surface area contributed by atoms with Gasteiger partial charge in [0.15, 0.2) is 0 Å². The first-order chi connectivity index (χ1) is 8.52. The highest BCUT2D eigenvalue weighted by Gasteiger charge is 2.30. The van der Waals surface area contributed by atoms with E-state index in [0.29, 0.717) is 10.8 Å². The summed E-state index contributed by atoms with van der Waals surface area (Å²) in [4.78, 5) is 14.6. The molecule has 1 aliphatic heterocycles. The Morgan fingerprint density at radius 3 is 2.89 bits per heavy atom. The van der Waals surface area contributed by atoms with Crippen molar-refractivity contribution in [2.75, 3.05) is 13.2 Å². The van der Waals surface area contributed by atoms with Crippen LogP contribution >= 0.6 is 11.3 Å². The molecule has 2 N–H and O–H groups in total. The largest absolute Gasteiger partial charge is 0.477 e. The highest BCUT2D eigenvalue weighted by molar-refractivity contribution is 7.14. The summed E-state index contributed by atoms with van der Waals surface area (Å²) in [6, 6.07) is 1.97. The van der Waals surface area contributed by atoms with Gasteiger partial charge >= 0.3 is 5.97 Å². The van der Waals surface area contributed by atoms with Gasteiger partial charge in [-0.2, -0.15) is 0 Å². The third kappa shape index (κ3) is 2.58. The van der Waals surface area contributed by atoms with Crippen LogP contribution in [0.2, 0.25) is 0 Å². The normalized spacial score (nSPS) is 24.6. The molecular formula is C13H19NO3S. The maximum Gasteiger partial charge on any atom is 0.345 e. The second-order valence-electron chi connectivity index (χ2n) is 4.98. The van der Waals surface area contributed by atoms with E-state index < -0.39 is 5.97 Å². The van der Waals surface area contributed by atoms with Crippen molar-refractivity contribution in [1.82, 2.24) is 4.90 Å². The van der Waals surface area contributed by atoms with Crippen molar-refractivity contribution >= 4 is 17.3 Å². The van der Waals surface area contributed by atoms with Crippen molar-refractivity contribution in [1.29, 1.82) is 0 Å². The Bertz CT molecular complexity index is 443. The number of hydrogen-bond donors (Lipinski definition) is 2. The van der Waals surface area contributed by atoms with Gasteiger partial charge in [-0.3, -0.25) is 4.90 Å². The summed E-state index contributed by atoms with van der Waals surface area (Å²) in [6.07, 6.45) is 1.10. The van der Waals surface area contributed by atoms with E-state index in [1.165, 1.54) is 11.3 Å². The molecule has 5 heteroatoms. The van der Waals surface area contributed by atoms with Crippen molar-refractivity contribution < 1.29 is 15.0 Å². The molecule has 1 aliphatic rings. The fourth-order valence-electron chi connectivity index (χ4n) is 2.58. The minimum atomic E-state index is -0.858. The van der Waals surface area contributed by atoms with E-state index in [1.807, 2.05) is 6.92 Å². The summed E-state index contributed by atoms with van der Waals surface area (Å²) < 4.78 is 0. The summed E-state index contributed by atoms with van der Waals surface area (Å²) in [5.74, 6) is -0.351. The van der Waals surface area contributed by atoms with Crippen molar-refractivity contribution in [2.24, 2.45) is 5.92 Å². The van der Waals surface area contributed by atoms with Crippen LogP contribution in [0.4, 0.5) is 0 Å². The SMILES string of the molecule is Cc1sc(C(=O)O)cc1CN1CCC(C)C1CO. The van der Waals surface area contributed by atoms with Crippen LogP contribution in [-0.4, -0.2) is 40.3 Å². The average molecular weight is 269 g/mol. The van der Waals surface area contributed by atoms with Gasteiger partial charge in [-0.25, -0.2) is 4.79 Å². The number of aryl methyl sites for hydroxylation is 1. The van der Waals surface area contributed by atoms with Gasteiger partial charge in [-0.1, -0.05) is 6.92 Å². The Labute approximate surface area is 111 Å². The van der Waals surface area contributed by atoms with E-state index in [0.717, 1.165) is 30.0 Å². The first kappa shape index (κ1) is 13.5. The van der Waals surface area contributed by atoms with E-state index in [-0.39, 0.29) is 12.6 Å². The Balaban J connectivity index is 2.12. The van der Waals surface area contributed by atoms with Crippen molar-refractivity contribution in [3.63, 3.8) is 0 Å². The maximum absolute atomic E-state index is 10.9. The molecule has 4 nitrogen and oxygen atoms in total. The van der Waals surface area contributed by atoms with E-state index in [4.69, 9.17) is 5.11 Å². The number of thiophene rings is 1. The van der Waals surface area contributed by atoms with Crippen LogP contribution in [0.1, 0.15) is 33.5 Å². The third-order valence-corrected chi connectivity index (χ3v) is 4.87. The highest BCUT2D eigenvalue weighted by atomic mass is 32.1. The number of aromatic carboxylic acids is 1. The standard InChI is InChI=1S/C13H19NO3S/c1-8-3-4-14(11(8)7-15)6-10-5-12(13(16)17)18-9(10)2/h5,8,11,15H,3-4,6-7H2,1-2H3,(H,16,17). The van der Waals surface area contributed by atoms with Crippen LogP contribution in [0.15, 0.2) is 6.07 Å². The predicted octanol–water partition coefficient (Wildman–Crippen LogP) is 1.96. The summed E-state index contributed by atoms with van der Waals surface area (Å²) in [6.45, 7) is 6.01. The van der Waals surface area contributed by atoms with Crippen LogP contribution in [0.25, 0.3) is 0 Å². The molecule has 2 rings (SSSR count). The highest BCUT2D eigenvalue weighted by Crippen LogP contribution is 2.28. The van der Waals surface area contributed by atoms with E-state index in [9.17, 15) is 9.90 Å². The lowest BCUT2D eigenvalue weighted by molar-refractivity contribution is 0.0702. The number of nitrogens with zero attached hydrogens (tertiary/aromatic N) is 1. The molecule has 2 unspecified atom stereocenters. The summed E-state index contributed by atoms with van der Waals surface area (Å²) >= 11 is 1.33.